The third-order valence-electron chi connectivity index (χ3n) is 4.86. The smallest absolute Gasteiger partial charge is 0.254 e. The Morgan fingerprint density at radius 1 is 1.14 bits per heavy atom. The molecule has 0 radical (unpaired) electrons. The number of rotatable bonds is 5. The van der Waals surface area contributed by atoms with Crippen molar-refractivity contribution < 1.29 is 9.53 Å². The van der Waals surface area contributed by atoms with Gasteiger partial charge in [0.2, 0.25) is 5.13 Å². The first-order valence-corrected chi connectivity index (χ1v) is 10.9. The van der Waals surface area contributed by atoms with Gasteiger partial charge in [0.05, 0.1) is 7.11 Å². The molecule has 3 aromatic rings. The van der Waals surface area contributed by atoms with Crippen molar-refractivity contribution in [3.63, 3.8) is 0 Å². The molecule has 2 heterocycles. The van der Waals surface area contributed by atoms with Crippen LogP contribution in [0.1, 0.15) is 21.7 Å². The number of piperazine rings is 1. The first-order chi connectivity index (χ1) is 14.1. The number of anilines is 1. The third-order valence-corrected chi connectivity index (χ3v) is 6.17. The van der Waals surface area contributed by atoms with E-state index in [9.17, 15) is 4.79 Å². The quantitative estimate of drug-likeness (QED) is 0.564. The van der Waals surface area contributed by atoms with Gasteiger partial charge in [-0.05, 0) is 35.9 Å². The van der Waals surface area contributed by atoms with Crippen molar-refractivity contribution in [1.82, 2.24) is 14.3 Å². The molecule has 4 rings (SSSR count). The van der Waals surface area contributed by atoms with Crippen LogP contribution in [0.25, 0.3) is 0 Å². The van der Waals surface area contributed by atoms with Gasteiger partial charge in [0, 0.05) is 54.2 Å². The fourth-order valence-corrected chi connectivity index (χ4v) is 4.45. The molecule has 0 bridgehead atoms. The van der Waals surface area contributed by atoms with Crippen LogP contribution in [0.2, 0.25) is 0 Å². The Labute approximate surface area is 182 Å². The molecule has 1 aliphatic heterocycles. The van der Waals surface area contributed by atoms with Crippen LogP contribution in [0.4, 0.5) is 5.13 Å². The van der Waals surface area contributed by atoms with E-state index in [2.05, 4.69) is 31.3 Å². The van der Waals surface area contributed by atoms with Crippen LogP contribution < -0.4 is 9.64 Å². The average molecular weight is 473 g/mol. The summed E-state index contributed by atoms with van der Waals surface area (Å²) in [5.74, 6) is 1.72. The van der Waals surface area contributed by atoms with Crippen molar-refractivity contribution in [2.45, 2.75) is 6.42 Å². The minimum atomic E-state index is 0.0712. The summed E-state index contributed by atoms with van der Waals surface area (Å²) in [6.07, 6.45) is 0.676. The van der Waals surface area contributed by atoms with Crippen LogP contribution in [0.15, 0.2) is 53.0 Å². The molecule has 0 spiro atoms. The van der Waals surface area contributed by atoms with E-state index in [1.807, 2.05) is 47.4 Å². The SMILES string of the molecule is COc1cccc(Cc2nsc(N3CCN(C(=O)c4cccc(Br)c4)CC3)n2)c1. The molecule has 150 valence electrons. The molecule has 6 nitrogen and oxygen atoms in total. The highest BCUT2D eigenvalue weighted by Crippen LogP contribution is 2.22. The van der Waals surface area contributed by atoms with Crippen molar-refractivity contribution >= 4 is 38.5 Å². The van der Waals surface area contributed by atoms with Crippen LogP contribution >= 0.6 is 27.5 Å². The van der Waals surface area contributed by atoms with Gasteiger partial charge in [0.1, 0.15) is 11.6 Å². The molecule has 1 saturated heterocycles. The molecule has 8 heteroatoms. The monoisotopic (exact) mass is 472 g/mol. The van der Waals surface area contributed by atoms with Crippen molar-refractivity contribution in [3.05, 3.63) is 70.0 Å². The topological polar surface area (TPSA) is 58.6 Å². The summed E-state index contributed by atoms with van der Waals surface area (Å²) in [5, 5.41) is 0.914. The predicted octanol–water partition coefficient (Wildman–Crippen LogP) is 3.86. The van der Waals surface area contributed by atoms with Crippen LogP contribution in [-0.2, 0) is 6.42 Å². The number of nitrogens with zero attached hydrogens (tertiary/aromatic N) is 4. The van der Waals surface area contributed by atoms with Crippen molar-refractivity contribution in [2.24, 2.45) is 0 Å². The lowest BCUT2D eigenvalue weighted by atomic mass is 10.1. The number of amides is 1. The Kier molecular flexibility index (Phi) is 6.10. The van der Waals surface area contributed by atoms with E-state index < -0.39 is 0 Å². The van der Waals surface area contributed by atoms with Crippen molar-refractivity contribution in [1.29, 1.82) is 0 Å². The maximum atomic E-state index is 12.7. The van der Waals surface area contributed by atoms with Gasteiger partial charge in [-0.1, -0.05) is 34.1 Å². The lowest BCUT2D eigenvalue weighted by molar-refractivity contribution is 0.0746. The lowest BCUT2D eigenvalue weighted by Gasteiger charge is -2.34. The highest BCUT2D eigenvalue weighted by atomic mass is 79.9. The van der Waals surface area contributed by atoms with Crippen LogP contribution in [0.3, 0.4) is 0 Å². The summed E-state index contributed by atoms with van der Waals surface area (Å²) in [6.45, 7) is 2.87. The van der Waals surface area contributed by atoms with E-state index in [0.29, 0.717) is 25.1 Å². The second-order valence-electron chi connectivity index (χ2n) is 6.81. The van der Waals surface area contributed by atoms with E-state index in [-0.39, 0.29) is 5.91 Å². The number of hydrogen-bond acceptors (Lipinski definition) is 6. The highest BCUT2D eigenvalue weighted by molar-refractivity contribution is 9.10. The zero-order valence-corrected chi connectivity index (χ0v) is 18.4. The molecule has 29 heavy (non-hydrogen) atoms. The number of benzene rings is 2. The summed E-state index contributed by atoms with van der Waals surface area (Å²) < 4.78 is 10.7. The van der Waals surface area contributed by atoms with Gasteiger partial charge >= 0.3 is 0 Å². The summed E-state index contributed by atoms with van der Waals surface area (Å²) in [4.78, 5) is 21.5. The standard InChI is InChI=1S/C21H21BrN4O2S/c1-28-18-7-2-4-15(12-18)13-19-23-21(29-24-19)26-10-8-25(9-11-26)20(27)16-5-3-6-17(22)14-16/h2-7,12,14H,8-11,13H2,1H3. The minimum Gasteiger partial charge on any atom is -0.497 e. The van der Waals surface area contributed by atoms with Crippen molar-refractivity contribution in [2.75, 3.05) is 38.2 Å². The van der Waals surface area contributed by atoms with Crippen LogP contribution in [0, 0.1) is 0 Å². The number of carbonyl (C=O) groups excluding carboxylic acids is 1. The second-order valence-corrected chi connectivity index (χ2v) is 8.46. The predicted molar refractivity (Wildman–Crippen MR) is 118 cm³/mol. The molecule has 1 fully saturated rings. The van der Waals surface area contributed by atoms with Gasteiger partial charge in [-0.2, -0.15) is 4.37 Å². The molecule has 0 unspecified atom stereocenters. The molecule has 0 atom stereocenters. The molecular formula is C21H21BrN4O2S. The first kappa shape index (κ1) is 19.8. The normalized spacial score (nSPS) is 14.1. The Morgan fingerprint density at radius 3 is 2.69 bits per heavy atom. The van der Waals surface area contributed by atoms with E-state index in [1.165, 1.54) is 11.5 Å². The summed E-state index contributed by atoms with van der Waals surface area (Å²) >= 11 is 4.85. The molecule has 0 aliphatic carbocycles. The number of carbonyl (C=O) groups is 1. The maximum absolute atomic E-state index is 12.7. The number of methoxy groups -OCH3 is 1. The molecule has 0 saturated carbocycles. The summed E-state index contributed by atoms with van der Waals surface area (Å²) in [6, 6.07) is 15.5. The summed E-state index contributed by atoms with van der Waals surface area (Å²) in [7, 11) is 1.67. The maximum Gasteiger partial charge on any atom is 0.254 e. The number of aromatic nitrogens is 2. The van der Waals surface area contributed by atoms with E-state index >= 15 is 0 Å². The molecule has 1 aliphatic rings. The third kappa shape index (κ3) is 4.76. The van der Waals surface area contributed by atoms with Gasteiger partial charge in [0.25, 0.3) is 5.91 Å². The minimum absolute atomic E-state index is 0.0712. The Hall–Kier alpha value is -2.45. The Morgan fingerprint density at radius 2 is 1.93 bits per heavy atom. The van der Waals surface area contributed by atoms with Crippen LogP contribution in [-0.4, -0.2) is 53.5 Å². The molecule has 1 amide bonds. The van der Waals surface area contributed by atoms with E-state index in [0.717, 1.165) is 39.8 Å². The summed E-state index contributed by atoms with van der Waals surface area (Å²) in [5.41, 5.74) is 1.84. The van der Waals surface area contributed by atoms with Gasteiger partial charge < -0.3 is 14.5 Å². The molecule has 2 aromatic carbocycles. The largest absolute Gasteiger partial charge is 0.497 e. The number of ether oxygens (including phenoxy) is 1. The van der Waals surface area contributed by atoms with E-state index in [4.69, 9.17) is 9.72 Å². The zero-order valence-electron chi connectivity index (χ0n) is 16.0. The van der Waals surface area contributed by atoms with Gasteiger partial charge in [-0.15, -0.1) is 0 Å². The first-order valence-electron chi connectivity index (χ1n) is 9.37. The second kappa shape index (κ2) is 8.92. The highest BCUT2D eigenvalue weighted by Gasteiger charge is 2.24. The fraction of sp³-hybridized carbons (Fsp3) is 0.286. The Bertz CT molecular complexity index is 1000. The number of hydrogen-bond donors (Lipinski definition) is 0. The molecule has 1 aromatic heterocycles. The van der Waals surface area contributed by atoms with Crippen molar-refractivity contribution in [3.8, 4) is 5.75 Å². The van der Waals surface area contributed by atoms with Gasteiger partial charge in [-0.25, -0.2) is 4.98 Å². The molecular weight excluding hydrogens is 452 g/mol. The van der Waals surface area contributed by atoms with E-state index in [1.54, 1.807) is 7.11 Å². The van der Waals surface area contributed by atoms with Gasteiger partial charge in [-0.3, -0.25) is 4.79 Å². The zero-order chi connectivity index (χ0) is 20.2. The van der Waals surface area contributed by atoms with Crippen LogP contribution in [0.5, 0.6) is 5.75 Å². The lowest BCUT2D eigenvalue weighted by Crippen LogP contribution is -2.48. The number of halogens is 1. The molecule has 0 N–H and O–H groups in total. The Balaban J connectivity index is 1.36. The van der Waals surface area contributed by atoms with Gasteiger partial charge in [0.15, 0.2) is 0 Å². The average Bonchev–Trinajstić information content (AvgIpc) is 3.22. The fourth-order valence-electron chi connectivity index (χ4n) is 3.31.